The predicted octanol–water partition coefficient (Wildman–Crippen LogP) is 2.49. The van der Waals surface area contributed by atoms with Gasteiger partial charge in [-0.25, -0.2) is 0 Å². The Kier molecular flexibility index (Phi) is 4.50. The first-order valence-electron chi connectivity index (χ1n) is 6.96. The van der Waals surface area contributed by atoms with E-state index >= 15 is 0 Å². The highest BCUT2D eigenvalue weighted by Crippen LogP contribution is 2.09. The Bertz CT molecular complexity index is 573. The Morgan fingerprint density at radius 3 is 2.45 bits per heavy atom. The Morgan fingerprint density at radius 2 is 1.85 bits per heavy atom. The van der Waals surface area contributed by atoms with Crippen molar-refractivity contribution < 1.29 is 4.79 Å². The first kappa shape index (κ1) is 14.2. The lowest BCUT2D eigenvalue weighted by molar-refractivity contribution is 0.0928. The minimum Gasteiger partial charge on any atom is -0.348 e. The molecule has 1 aromatic heterocycles. The number of rotatable bonds is 5. The molecule has 0 aliphatic carbocycles. The summed E-state index contributed by atoms with van der Waals surface area (Å²) in [5, 5.41) is 11.6. The van der Waals surface area contributed by atoms with Gasteiger partial charge in [0, 0.05) is 6.04 Å². The lowest BCUT2D eigenvalue weighted by Gasteiger charge is -2.13. The summed E-state index contributed by atoms with van der Waals surface area (Å²) in [6, 6.07) is 9.75. The maximum Gasteiger partial charge on any atom is 0.273 e. The molecule has 0 aliphatic heterocycles. The van der Waals surface area contributed by atoms with E-state index in [9.17, 15) is 4.79 Å². The molecule has 5 nitrogen and oxygen atoms in total. The molecule has 0 saturated heterocycles. The SMILES string of the molecule is CCC(CC)NC(=O)c1nn(-c2ccccc2)nc1C. The first-order valence-corrected chi connectivity index (χ1v) is 6.96. The second-order valence-electron chi connectivity index (χ2n) is 4.75. The molecule has 0 bridgehead atoms. The lowest BCUT2D eigenvalue weighted by atomic mass is 10.1. The standard InChI is InChI=1S/C15H20N4O/c1-4-12(5-2)16-15(20)14-11(3)17-19(18-14)13-9-7-6-8-10-13/h6-10,12H,4-5H2,1-3H3,(H,16,20). The molecule has 0 atom stereocenters. The first-order chi connectivity index (χ1) is 9.65. The number of hydrogen-bond donors (Lipinski definition) is 1. The van der Waals surface area contributed by atoms with Crippen molar-refractivity contribution in [3.05, 3.63) is 41.7 Å². The zero-order chi connectivity index (χ0) is 14.5. The van der Waals surface area contributed by atoms with E-state index in [-0.39, 0.29) is 11.9 Å². The Labute approximate surface area is 119 Å². The molecule has 0 saturated carbocycles. The van der Waals surface area contributed by atoms with E-state index in [0.29, 0.717) is 11.4 Å². The van der Waals surface area contributed by atoms with Gasteiger partial charge in [-0.3, -0.25) is 4.79 Å². The molecule has 0 aliphatic rings. The van der Waals surface area contributed by atoms with Crippen LogP contribution in [-0.2, 0) is 0 Å². The summed E-state index contributed by atoms with van der Waals surface area (Å²) in [4.78, 5) is 13.7. The third-order valence-corrected chi connectivity index (χ3v) is 3.31. The second-order valence-corrected chi connectivity index (χ2v) is 4.75. The molecule has 1 aromatic carbocycles. The summed E-state index contributed by atoms with van der Waals surface area (Å²) >= 11 is 0. The molecule has 106 valence electrons. The average molecular weight is 272 g/mol. The van der Waals surface area contributed by atoms with E-state index in [2.05, 4.69) is 29.4 Å². The van der Waals surface area contributed by atoms with Gasteiger partial charge in [-0.05, 0) is 31.9 Å². The molecule has 0 unspecified atom stereocenters. The van der Waals surface area contributed by atoms with Gasteiger partial charge < -0.3 is 5.32 Å². The van der Waals surface area contributed by atoms with Crippen LogP contribution in [0.5, 0.6) is 0 Å². The number of benzene rings is 1. The molecular formula is C15H20N4O. The van der Waals surface area contributed by atoms with Crippen LogP contribution >= 0.6 is 0 Å². The van der Waals surface area contributed by atoms with Crippen LogP contribution in [0.3, 0.4) is 0 Å². The minimum absolute atomic E-state index is 0.154. The smallest absolute Gasteiger partial charge is 0.273 e. The highest BCUT2D eigenvalue weighted by molar-refractivity contribution is 5.93. The maximum atomic E-state index is 12.2. The highest BCUT2D eigenvalue weighted by Gasteiger charge is 2.18. The van der Waals surface area contributed by atoms with Gasteiger partial charge in [-0.2, -0.15) is 9.90 Å². The van der Waals surface area contributed by atoms with Crippen molar-refractivity contribution >= 4 is 5.91 Å². The van der Waals surface area contributed by atoms with Crippen LogP contribution in [0.4, 0.5) is 0 Å². The molecular weight excluding hydrogens is 252 g/mol. The van der Waals surface area contributed by atoms with Crippen LogP contribution in [0.25, 0.3) is 5.69 Å². The number of para-hydroxylation sites is 1. The van der Waals surface area contributed by atoms with E-state index in [1.165, 1.54) is 4.80 Å². The molecule has 2 rings (SSSR count). The van der Waals surface area contributed by atoms with E-state index in [0.717, 1.165) is 18.5 Å². The van der Waals surface area contributed by atoms with Gasteiger partial charge in [0.2, 0.25) is 0 Å². The number of nitrogens with one attached hydrogen (secondary N) is 1. The number of amides is 1. The number of aryl methyl sites for hydroxylation is 1. The number of hydrogen-bond acceptors (Lipinski definition) is 3. The van der Waals surface area contributed by atoms with Gasteiger partial charge in [-0.1, -0.05) is 32.0 Å². The Hall–Kier alpha value is -2.17. The number of carbonyl (C=O) groups is 1. The van der Waals surface area contributed by atoms with Crippen LogP contribution in [0.15, 0.2) is 30.3 Å². The molecule has 1 N–H and O–H groups in total. The van der Waals surface area contributed by atoms with Gasteiger partial charge in [0.05, 0.1) is 11.4 Å². The summed E-state index contributed by atoms with van der Waals surface area (Å²) < 4.78 is 0. The van der Waals surface area contributed by atoms with Gasteiger partial charge in [0.25, 0.3) is 5.91 Å². The third-order valence-electron chi connectivity index (χ3n) is 3.31. The lowest BCUT2D eigenvalue weighted by Crippen LogP contribution is -2.34. The molecule has 20 heavy (non-hydrogen) atoms. The molecule has 1 heterocycles. The summed E-state index contributed by atoms with van der Waals surface area (Å²) in [6.45, 7) is 5.92. The number of nitrogens with zero attached hydrogens (tertiary/aromatic N) is 3. The Balaban J connectivity index is 2.22. The van der Waals surface area contributed by atoms with Crippen LogP contribution < -0.4 is 5.32 Å². The van der Waals surface area contributed by atoms with Crippen LogP contribution in [0, 0.1) is 6.92 Å². The normalized spacial score (nSPS) is 10.8. The van der Waals surface area contributed by atoms with Crippen molar-refractivity contribution in [3.63, 3.8) is 0 Å². The van der Waals surface area contributed by atoms with E-state index in [1.807, 2.05) is 30.3 Å². The fraction of sp³-hybridized carbons (Fsp3) is 0.400. The van der Waals surface area contributed by atoms with Crippen molar-refractivity contribution in [2.24, 2.45) is 0 Å². The average Bonchev–Trinajstić information content (AvgIpc) is 2.87. The number of carbonyl (C=O) groups excluding carboxylic acids is 1. The molecule has 1 amide bonds. The molecule has 0 fully saturated rings. The molecule has 2 aromatic rings. The molecule has 0 radical (unpaired) electrons. The maximum absolute atomic E-state index is 12.2. The van der Waals surface area contributed by atoms with Crippen LogP contribution in [-0.4, -0.2) is 26.9 Å². The van der Waals surface area contributed by atoms with E-state index in [4.69, 9.17) is 0 Å². The van der Waals surface area contributed by atoms with Crippen molar-refractivity contribution in [2.75, 3.05) is 0 Å². The molecule has 5 heteroatoms. The summed E-state index contributed by atoms with van der Waals surface area (Å²) in [6.07, 6.45) is 1.82. The van der Waals surface area contributed by atoms with Crippen LogP contribution in [0.1, 0.15) is 42.9 Å². The predicted molar refractivity (Wildman–Crippen MR) is 77.9 cm³/mol. The highest BCUT2D eigenvalue weighted by atomic mass is 16.2. The van der Waals surface area contributed by atoms with Crippen molar-refractivity contribution in [1.29, 1.82) is 0 Å². The van der Waals surface area contributed by atoms with Crippen LogP contribution in [0.2, 0.25) is 0 Å². The zero-order valence-electron chi connectivity index (χ0n) is 12.1. The molecule has 0 spiro atoms. The topological polar surface area (TPSA) is 59.8 Å². The van der Waals surface area contributed by atoms with Crippen molar-refractivity contribution in [3.8, 4) is 5.69 Å². The van der Waals surface area contributed by atoms with E-state index < -0.39 is 0 Å². The number of aromatic nitrogens is 3. The largest absolute Gasteiger partial charge is 0.348 e. The fourth-order valence-electron chi connectivity index (χ4n) is 2.01. The summed E-state index contributed by atoms with van der Waals surface area (Å²) in [5.41, 5.74) is 1.87. The quantitative estimate of drug-likeness (QED) is 0.909. The monoisotopic (exact) mass is 272 g/mol. The Morgan fingerprint density at radius 1 is 1.20 bits per heavy atom. The minimum atomic E-state index is -0.154. The van der Waals surface area contributed by atoms with Gasteiger partial charge in [0.1, 0.15) is 0 Å². The zero-order valence-corrected chi connectivity index (χ0v) is 12.1. The van der Waals surface area contributed by atoms with Crippen molar-refractivity contribution in [2.45, 2.75) is 39.7 Å². The van der Waals surface area contributed by atoms with E-state index in [1.54, 1.807) is 6.92 Å². The summed E-state index contributed by atoms with van der Waals surface area (Å²) in [7, 11) is 0. The second kappa shape index (κ2) is 6.32. The van der Waals surface area contributed by atoms with Gasteiger partial charge >= 0.3 is 0 Å². The van der Waals surface area contributed by atoms with Crippen molar-refractivity contribution in [1.82, 2.24) is 20.3 Å². The summed E-state index contributed by atoms with van der Waals surface area (Å²) in [5.74, 6) is -0.154. The van der Waals surface area contributed by atoms with Gasteiger partial charge in [-0.15, -0.1) is 5.10 Å². The fourth-order valence-corrected chi connectivity index (χ4v) is 2.01. The third kappa shape index (κ3) is 3.04. The van der Waals surface area contributed by atoms with Gasteiger partial charge in [0.15, 0.2) is 5.69 Å².